The van der Waals surface area contributed by atoms with Crippen LogP contribution in [0.4, 0.5) is 17.1 Å². The van der Waals surface area contributed by atoms with Crippen LogP contribution in [0.3, 0.4) is 0 Å². The van der Waals surface area contributed by atoms with Gasteiger partial charge in [-0.25, -0.2) is 0 Å². The van der Waals surface area contributed by atoms with Gasteiger partial charge in [0, 0.05) is 22.8 Å². The summed E-state index contributed by atoms with van der Waals surface area (Å²) in [7, 11) is 0. The van der Waals surface area contributed by atoms with Crippen molar-refractivity contribution in [2.45, 2.75) is 69.9 Å². The minimum absolute atomic E-state index is 0.207. The molecule has 5 aliphatic rings. The van der Waals surface area contributed by atoms with E-state index in [2.05, 4.69) is 222 Å². The molecule has 0 aliphatic heterocycles. The first kappa shape index (κ1) is 39.5. The van der Waals surface area contributed by atoms with Gasteiger partial charge in [-0.2, -0.15) is 0 Å². The summed E-state index contributed by atoms with van der Waals surface area (Å²) in [4.78, 5) is 5.09. The molecule has 5 aliphatic carbocycles. The van der Waals surface area contributed by atoms with Crippen molar-refractivity contribution >= 4 is 22.6 Å². The number of nitrogens with zero attached hydrogens (tertiary/aromatic N) is 2. The maximum atomic E-state index is 2.61. The van der Waals surface area contributed by atoms with Crippen LogP contribution in [0.1, 0.15) is 63.4 Å². The summed E-state index contributed by atoms with van der Waals surface area (Å²) < 4.78 is 0. The van der Waals surface area contributed by atoms with Crippen molar-refractivity contribution < 1.29 is 0 Å². The normalized spacial score (nSPS) is 20.7. The van der Waals surface area contributed by atoms with E-state index >= 15 is 0 Å². The largest absolute Gasteiger partial charge is 0.338 e. The van der Waals surface area contributed by atoms with Gasteiger partial charge in [0.15, 0.2) is 0 Å². The van der Waals surface area contributed by atoms with Crippen molar-refractivity contribution in [3.63, 3.8) is 0 Å². The molecule has 0 N–H and O–H groups in total. The molecular formula is C60H56N2. The first-order valence-electron chi connectivity index (χ1n) is 22.9. The van der Waals surface area contributed by atoms with Gasteiger partial charge in [-0.15, -0.1) is 0 Å². The maximum Gasteiger partial charge on any atom is 0.0560 e. The molecule has 0 radical (unpaired) electrons. The second kappa shape index (κ2) is 18.5. The number of allylic oxidation sites excluding steroid dienone is 14. The summed E-state index contributed by atoms with van der Waals surface area (Å²) >= 11 is 0. The van der Waals surface area contributed by atoms with E-state index in [0.717, 1.165) is 38.5 Å². The smallest absolute Gasteiger partial charge is 0.0560 e. The molecule has 0 fully saturated rings. The van der Waals surface area contributed by atoms with Gasteiger partial charge >= 0.3 is 0 Å². The Morgan fingerprint density at radius 3 is 1.52 bits per heavy atom. The molecule has 3 unspecified atom stereocenters. The molecule has 5 aromatic rings. The molecule has 0 aromatic heterocycles. The zero-order valence-corrected chi connectivity index (χ0v) is 35.7. The first-order valence-corrected chi connectivity index (χ1v) is 22.9. The van der Waals surface area contributed by atoms with Crippen LogP contribution in [-0.2, 0) is 0 Å². The lowest BCUT2D eigenvalue weighted by molar-refractivity contribution is 0.578. The Morgan fingerprint density at radius 1 is 0.403 bits per heavy atom. The van der Waals surface area contributed by atoms with E-state index in [1.165, 1.54) is 86.6 Å². The van der Waals surface area contributed by atoms with Crippen molar-refractivity contribution in [2.24, 2.45) is 5.92 Å². The van der Waals surface area contributed by atoms with Crippen LogP contribution in [-0.4, -0.2) is 12.1 Å². The molecule has 2 nitrogen and oxygen atoms in total. The quantitative estimate of drug-likeness (QED) is 0.123. The predicted octanol–water partition coefficient (Wildman–Crippen LogP) is 15.9. The number of anilines is 3. The Bertz CT molecular complexity index is 2630. The Morgan fingerprint density at radius 2 is 0.968 bits per heavy atom. The lowest BCUT2D eigenvalue weighted by Gasteiger charge is -2.37. The summed E-state index contributed by atoms with van der Waals surface area (Å²) in [5, 5.41) is 0. The molecule has 306 valence electrons. The van der Waals surface area contributed by atoms with Crippen LogP contribution in [0, 0.1) is 5.92 Å². The molecule has 0 amide bonds. The third kappa shape index (κ3) is 8.74. The van der Waals surface area contributed by atoms with E-state index in [9.17, 15) is 0 Å². The minimum Gasteiger partial charge on any atom is -0.338 e. The molecule has 0 saturated carbocycles. The maximum absolute atomic E-state index is 2.61. The summed E-state index contributed by atoms with van der Waals surface area (Å²) in [6, 6.07) is 49.4. The fourth-order valence-electron chi connectivity index (χ4n) is 9.94. The Balaban J connectivity index is 0.857. The fraction of sp³-hybridized carbons (Fsp3) is 0.200. The van der Waals surface area contributed by atoms with Gasteiger partial charge in [0.2, 0.25) is 0 Å². The standard InChI is InChI=1S/C60H56N2/c1-5-13-45(14-6-1)48-21-23-49(24-22-48)52-29-39-56(40-30-52)61(55-19-11-4-12-20-55)57-41-31-53(32-42-57)54-33-43-60(44-34-54)62(58-35-25-50(26-36-58)46-15-7-2-8-16-46)59-37-27-51(28-38-59)47-17-9-3-10-18-47/h2,4-5,7-9,11-17,19-27,29-37,39-41,43,47,57,60H,1,3,6,10,18,28,38,42,44H2. The van der Waals surface area contributed by atoms with Crippen molar-refractivity contribution in [3.05, 3.63) is 240 Å². The molecule has 0 saturated heterocycles. The predicted molar refractivity (Wildman–Crippen MR) is 264 cm³/mol. The topological polar surface area (TPSA) is 6.48 Å². The Labute approximate surface area is 369 Å². The van der Waals surface area contributed by atoms with E-state index < -0.39 is 0 Å². The van der Waals surface area contributed by atoms with Crippen molar-refractivity contribution in [3.8, 4) is 22.3 Å². The van der Waals surface area contributed by atoms with Crippen molar-refractivity contribution in [1.29, 1.82) is 0 Å². The van der Waals surface area contributed by atoms with Gasteiger partial charge in [-0.3, -0.25) is 0 Å². The zero-order chi connectivity index (χ0) is 41.5. The van der Waals surface area contributed by atoms with Crippen LogP contribution in [0.5, 0.6) is 0 Å². The highest BCUT2D eigenvalue weighted by Gasteiger charge is 2.26. The second-order valence-corrected chi connectivity index (χ2v) is 17.3. The van der Waals surface area contributed by atoms with Crippen LogP contribution in [0.2, 0.25) is 0 Å². The van der Waals surface area contributed by atoms with E-state index in [1.807, 2.05) is 0 Å². The third-order valence-electron chi connectivity index (χ3n) is 13.3. The molecule has 0 heterocycles. The number of hydrogen-bond acceptors (Lipinski definition) is 2. The summed E-state index contributed by atoms with van der Waals surface area (Å²) in [6.07, 6.45) is 41.2. The van der Waals surface area contributed by atoms with E-state index in [4.69, 9.17) is 0 Å². The van der Waals surface area contributed by atoms with Gasteiger partial charge in [0.05, 0.1) is 12.1 Å². The molecule has 0 bridgehead atoms. The lowest BCUT2D eigenvalue weighted by Crippen LogP contribution is -2.34. The zero-order valence-electron chi connectivity index (χ0n) is 35.7. The Kier molecular flexibility index (Phi) is 11.8. The third-order valence-corrected chi connectivity index (χ3v) is 13.3. The van der Waals surface area contributed by atoms with Gasteiger partial charge in [-0.1, -0.05) is 176 Å². The molecule has 2 heteroatoms. The molecule has 0 spiro atoms. The van der Waals surface area contributed by atoms with Gasteiger partial charge in [-0.05, 0) is 151 Å². The highest BCUT2D eigenvalue weighted by molar-refractivity contribution is 5.78. The number of para-hydroxylation sites is 1. The average molecular weight is 805 g/mol. The minimum atomic E-state index is 0.207. The molecule has 5 aromatic carbocycles. The van der Waals surface area contributed by atoms with Crippen LogP contribution in [0.15, 0.2) is 235 Å². The van der Waals surface area contributed by atoms with E-state index in [1.54, 1.807) is 5.57 Å². The van der Waals surface area contributed by atoms with Gasteiger partial charge in [0.1, 0.15) is 0 Å². The fourth-order valence-corrected chi connectivity index (χ4v) is 9.94. The number of benzene rings is 5. The molecule has 3 atom stereocenters. The number of hydrogen-bond donors (Lipinski definition) is 0. The van der Waals surface area contributed by atoms with Gasteiger partial charge in [0.25, 0.3) is 0 Å². The van der Waals surface area contributed by atoms with Crippen LogP contribution in [0.25, 0.3) is 27.8 Å². The SMILES string of the molecule is C1=CC(c2ccc(-c3ccc(N(c4ccccc4)C4C=CC(C5=CCC(N(C6=CC=C(C7C=CCCC7)CC6)c6ccc(-c7ccccc7)cc6)C=C5)=CC4)cc3)cc2)=CCC1. The summed E-state index contributed by atoms with van der Waals surface area (Å²) in [5.41, 5.74) is 16.9. The van der Waals surface area contributed by atoms with E-state index in [0.29, 0.717) is 5.92 Å². The molecule has 62 heavy (non-hydrogen) atoms. The lowest BCUT2D eigenvalue weighted by atomic mass is 9.84. The summed E-state index contributed by atoms with van der Waals surface area (Å²) in [5.74, 6) is 0.604. The molecule has 10 rings (SSSR count). The Hall–Kier alpha value is -6.64. The number of rotatable bonds is 11. The monoisotopic (exact) mass is 804 g/mol. The van der Waals surface area contributed by atoms with Crippen LogP contribution >= 0.6 is 0 Å². The van der Waals surface area contributed by atoms with Crippen molar-refractivity contribution in [2.75, 3.05) is 9.80 Å². The average Bonchev–Trinajstić information content (AvgIpc) is 3.36. The highest BCUT2D eigenvalue weighted by Crippen LogP contribution is 2.39. The van der Waals surface area contributed by atoms with Crippen LogP contribution < -0.4 is 9.80 Å². The highest BCUT2D eigenvalue weighted by atomic mass is 15.2. The van der Waals surface area contributed by atoms with E-state index in [-0.39, 0.29) is 12.1 Å². The summed E-state index contributed by atoms with van der Waals surface area (Å²) in [6.45, 7) is 0. The van der Waals surface area contributed by atoms with Gasteiger partial charge < -0.3 is 9.80 Å². The second-order valence-electron chi connectivity index (χ2n) is 17.3. The molecular weight excluding hydrogens is 749 g/mol. The van der Waals surface area contributed by atoms with Crippen molar-refractivity contribution in [1.82, 2.24) is 0 Å². The first-order chi connectivity index (χ1) is 30.7.